The molecule has 0 fully saturated rings. The summed E-state index contributed by atoms with van der Waals surface area (Å²) in [7, 11) is 1.71. The molecule has 0 aromatic heterocycles. The van der Waals surface area contributed by atoms with E-state index in [9.17, 15) is 4.79 Å². The molecule has 1 unspecified atom stereocenters. The van der Waals surface area contributed by atoms with E-state index in [0.29, 0.717) is 13.0 Å². The minimum Gasteiger partial charge on any atom is -0.395 e. The normalized spacial score (nSPS) is 12.6. The van der Waals surface area contributed by atoms with Gasteiger partial charge in [0.1, 0.15) is 0 Å². The van der Waals surface area contributed by atoms with Crippen molar-refractivity contribution in [2.75, 3.05) is 26.7 Å². The fraction of sp³-hybridized carbons (Fsp3) is 0.889. The number of hydrogen-bond acceptors (Lipinski definition) is 3. The Hall–Kier alpha value is -0.610. The Labute approximate surface area is 79.9 Å². The number of hydrogen-bond donors (Lipinski definition) is 2. The second-order valence-electron chi connectivity index (χ2n) is 3.20. The molecule has 0 rings (SSSR count). The van der Waals surface area contributed by atoms with E-state index in [1.807, 2.05) is 13.8 Å². The first kappa shape index (κ1) is 12.4. The molecular weight excluding hydrogens is 168 g/mol. The van der Waals surface area contributed by atoms with Crippen LogP contribution >= 0.6 is 0 Å². The molecule has 4 heteroatoms. The molecule has 0 spiro atoms. The molecule has 0 aromatic carbocycles. The maximum absolute atomic E-state index is 11.4. The molecule has 0 heterocycles. The minimum atomic E-state index is 0.0256. The topological polar surface area (TPSA) is 52.6 Å². The summed E-state index contributed by atoms with van der Waals surface area (Å²) in [5.41, 5.74) is 0. The lowest BCUT2D eigenvalue weighted by Crippen LogP contribution is -2.36. The predicted molar refractivity (Wildman–Crippen MR) is 52.5 cm³/mol. The molecule has 78 valence electrons. The Morgan fingerprint density at radius 2 is 2.23 bits per heavy atom. The smallest absolute Gasteiger partial charge is 0.223 e. The number of carbonyl (C=O) groups excluding carboxylic acids is 1. The van der Waals surface area contributed by atoms with E-state index in [0.717, 1.165) is 6.54 Å². The fourth-order valence-electron chi connectivity index (χ4n) is 1.11. The van der Waals surface area contributed by atoms with Crippen molar-refractivity contribution in [3.05, 3.63) is 0 Å². The Morgan fingerprint density at radius 1 is 1.62 bits per heavy atom. The van der Waals surface area contributed by atoms with Gasteiger partial charge in [0.25, 0.3) is 0 Å². The zero-order chi connectivity index (χ0) is 10.3. The van der Waals surface area contributed by atoms with Gasteiger partial charge in [0.05, 0.1) is 6.61 Å². The molecule has 0 saturated carbocycles. The Morgan fingerprint density at radius 3 is 2.69 bits per heavy atom. The van der Waals surface area contributed by atoms with Crippen LogP contribution < -0.4 is 5.32 Å². The summed E-state index contributed by atoms with van der Waals surface area (Å²) >= 11 is 0. The van der Waals surface area contributed by atoms with Crippen LogP contribution in [0.3, 0.4) is 0 Å². The molecule has 0 radical (unpaired) electrons. The number of likely N-dealkylation sites (N-methyl/N-ethyl adjacent to an activating group) is 1. The highest BCUT2D eigenvalue weighted by Gasteiger charge is 2.11. The fourth-order valence-corrected chi connectivity index (χ4v) is 1.11. The quantitative estimate of drug-likeness (QED) is 0.608. The Bertz CT molecular complexity index is 151. The maximum atomic E-state index is 11.4. The predicted octanol–water partition coefficient (Wildman–Crippen LogP) is -0.175. The summed E-state index contributed by atoms with van der Waals surface area (Å²) in [5.74, 6) is 0.0718. The van der Waals surface area contributed by atoms with E-state index in [1.54, 1.807) is 11.9 Å². The van der Waals surface area contributed by atoms with Crippen LogP contribution in [0.2, 0.25) is 0 Å². The van der Waals surface area contributed by atoms with Crippen LogP contribution in [0.25, 0.3) is 0 Å². The molecule has 0 aliphatic heterocycles. The summed E-state index contributed by atoms with van der Waals surface area (Å²) in [5, 5.41) is 11.8. The van der Waals surface area contributed by atoms with Gasteiger partial charge in [-0.15, -0.1) is 0 Å². The van der Waals surface area contributed by atoms with Crippen molar-refractivity contribution in [1.82, 2.24) is 10.2 Å². The molecule has 4 nitrogen and oxygen atoms in total. The largest absolute Gasteiger partial charge is 0.395 e. The van der Waals surface area contributed by atoms with Crippen LogP contribution in [0.15, 0.2) is 0 Å². The van der Waals surface area contributed by atoms with Crippen molar-refractivity contribution in [2.24, 2.45) is 0 Å². The van der Waals surface area contributed by atoms with Gasteiger partial charge >= 0.3 is 0 Å². The van der Waals surface area contributed by atoms with Gasteiger partial charge in [-0.1, -0.05) is 6.92 Å². The highest BCUT2D eigenvalue weighted by atomic mass is 16.3. The molecule has 2 N–H and O–H groups in total. The van der Waals surface area contributed by atoms with Gasteiger partial charge in [-0.05, 0) is 13.5 Å². The van der Waals surface area contributed by atoms with Gasteiger partial charge in [-0.25, -0.2) is 0 Å². The van der Waals surface area contributed by atoms with E-state index < -0.39 is 0 Å². The summed E-state index contributed by atoms with van der Waals surface area (Å²) in [6.07, 6.45) is 0.490. The molecule has 0 aromatic rings. The van der Waals surface area contributed by atoms with E-state index >= 15 is 0 Å². The molecule has 1 atom stereocenters. The molecule has 0 aliphatic carbocycles. The Kier molecular flexibility index (Phi) is 6.54. The third-order valence-electron chi connectivity index (χ3n) is 1.89. The van der Waals surface area contributed by atoms with E-state index in [4.69, 9.17) is 5.11 Å². The third-order valence-corrected chi connectivity index (χ3v) is 1.89. The van der Waals surface area contributed by atoms with Crippen molar-refractivity contribution in [3.63, 3.8) is 0 Å². The number of amides is 1. The van der Waals surface area contributed by atoms with Crippen LogP contribution in [-0.2, 0) is 4.79 Å². The van der Waals surface area contributed by atoms with Gasteiger partial charge in [0.2, 0.25) is 5.91 Å². The van der Waals surface area contributed by atoms with Crippen molar-refractivity contribution < 1.29 is 9.90 Å². The second kappa shape index (κ2) is 6.86. The van der Waals surface area contributed by atoms with Gasteiger partial charge in [0, 0.05) is 26.1 Å². The number of carbonyl (C=O) groups is 1. The van der Waals surface area contributed by atoms with Crippen molar-refractivity contribution >= 4 is 5.91 Å². The number of nitrogens with one attached hydrogen (secondary N) is 1. The SMILES string of the molecule is CCNC(C)CC(=O)N(C)CCO. The van der Waals surface area contributed by atoms with Gasteiger partial charge < -0.3 is 15.3 Å². The standard InChI is InChI=1S/C9H20N2O2/c1-4-10-8(2)7-9(13)11(3)5-6-12/h8,10,12H,4-7H2,1-3H3. The number of aliphatic hydroxyl groups is 1. The minimum absolute atomic E-state index is 0.0256. The van der Waals surface area contributed by atoms with Gasteiger partial charge in [0.15, 0.2) is 0 Å². The van der Waals surface area contributed by atoms with Crippen LogP contribution in [0.4, 0.5) is 0 Å². The summed E-state index contributed by atoms with van der Waals surface area (Å²) in [6.45, 7) is 5.31. The molecule has 1 amide bonds. The van der Waals surface area contributed by atoms with Crippen LogP contribution in [0.5, 0.6) is 0 Å². The van der Waals surface area contributed by atoms with Crippen LogP contribution in [-0.4, -0.2) is 48.7 Å². The monoisotopic (exact) mass is 188 g/mol. The first-order valence-electron chi connectivity index (χ1n) is 4.70. The molecule has 0 aliphatic rings. The van der Waals surface area contributed by atoms with Crippen LogP contribution in [0, 0.1) is 0 Å². The van der Waals surface area contributed by atoms with Crippen molar-refractivity contribution in [3.8, 4) is 0 Å². The maximum Gasteiger partial charge on any atom is 0.223 e. The first-order chi connectivity index (χ1) is 6.11. The average Bonchev–Trinajstić information content (AvgIpc) is 2.05. The Balaban J connectivity index is 3.71. The number of nitrogens with zero attached hydrogens (tertiary/aromatic N) is 1. The van der Waals surface area contributed by atoms with Crippen molar-refractivity contribution in [2.45, 2.75) is 26.3 Å². The molecule has 13 heavy (non-hydrogen) atoms. The summed E-state index contributed by atoms with van der Waals surface area (Å²) in [4.78, 5) is 12.9. The average molecular weight is 188 g/mol. The summed E-state index contributed by atoms with van der Waals surface area (Å²) in [6, 6.07) is 0.207. The van der Waals surface area contributed by atoms with Gasteiger partial charge in [-0.3, -0.25) is 4.79 Å². The second-order valence-corrected chi connectivity index (χ2v) is 3.20. The number of aliphatic hydroxyl groups excluding tert-OH is 1. The van der Waals surface area contributed by atoms with Crippen LogP contribution in [0.1, 0.15) is 20.3 Å². The molecule has 0 saturated heterocycles. The van der Waals surface area contributed by atoms with E-state index in [2.05, 4.69) is 5.32 Å². The van der Waals surface area contributed by atoms with E-state index in [-0.39, 0.29) is 18.6 Å². The highest BCUT2D eigenvalue weighted by molar-refractivity contribution is 5.76. The lowest BCUT2D eigenvalue weighted by molar-refractivity contribution is -0.130. The zero-order valence-electron chi connectivity index (χ0n) is 8.71. The molecule has 0 bridgehead atoms. The third kappa shape index (κ3) is 5.60. The highest BCUT2D eigenvalue weighted by Crippen LogP contribution is 1.95. The number of rotatable bonds is 6. The first-order valence-corrected chi connectivity index (χ1v) is 4.70. The van der Waals surface area contributed by atoms with E-state index in [1.165, 1.54) is 0 Å². The lowest BCUT2D eigenvalue weighted by atomic mass is 10.2. The lowest BCUT2D eigenvalue weighted by Gasteiger charge is -2.18. The molecular formula is C9H20N2O2. The van der Waals surface area contributed by atoms with Gasteiger partial charge in [-0.2, -0.15) is 0 Å². The summed E-state index contributed by atoms with van der Waals surface area (Å²) < 4.78 is 0. The zero-order valence-corrected chi connectivity index (χ0v) is 8.71. The van der Waals surface area contributed by atoms with Crippen molar-refractivity contribution in [1.29, 1.82) is 0 Å².